The fourth-order valence-electron chi connectivity index (χ4n) is 9.23. The van der Waals surface area contributed by atoms with Gasteiger partial charge >= 0.3 is 0 Å². The molecule has 2 aliphatic rings. The Morgan fingerprint density at radius 1 is 0.340 bits per heavy atom. The second-order valence-corrected chi connectivity index (χ2v) is 15.0. The summed E-state index contributed by atoms with van der Waals surface area (Å²) in [5.74, 6) is 0. The van der Waals surface area contributed by atoms with E-state index in [-0.39, 0.29) is 0 Å². The largest absolute Gasteiger partial charge is 0.309 e. The molecule has 0 atom stereocenters. The normalized spacial score (nSPS) is 13.4. The number of fused-ring (bicyclic) bond motifs is 9. The lowest BCUT2D eigenvalue weighted by Crippen LogP contribution is -2.36. The molecule has 1 nitrogen and oxygen atoms in total. The van der Waals surface area contributed by atoms with E-state index < -0.39 is 5.41 Å². The maximum absolute atomic E-state index is 2.48. The maximum atomic E-state index is 2.48. The molecule has 11 rings (SSSR count). The van der Waals surface area contributed by atoms with Crippen molar-refractivity contribution in [2.45, 2.75) is 15.2 Å². The highest BCUT2D eigenvalue weighted by Gasteiger charge is 2.48. The first-order chi connectivity index (χ1) is 26.3. The molecule has 0 aromatic heterocycles. The lowest BCUT2D eigenvalue weighted by Gasteiger charge is -2.46. The van der Waals surface area contributed by atoms with Gasteiger partial charge in [-0.3, -0.25) is 0 Å². The quantitative estimate of drug-likeness (QED) is 0.181. The third kappa shape index (κ3) is 4.33. The Hall–Kier alpha value is -6.35. The van der Waals surface area contributed by atoms with E-state index in [1.54, 1.807) is 0 Å². The van der Waals surface area contributed by atoms with Crippen molar-refractivity contribution in [1.82, 2.24) is 0 Å². The van der Waals surface area contributed by atoms with Gasteiger partial charge in [-0.25, -0.2) is 0 Å². The third-order valence-corrected chi connectivity index (χ3v) is 12.5. The van der Waals surface area contributed by atoms with Gasteiger partial charge in [-0.2, -0.15) is 0 Å². The summed E-state index contributed by atoms with van der Waals surface area (Å²) >= 11 is 1.89. The molecule has 9 aromatic carbocycles. The predicted octanol–water partition coefficient (Wildman–Crippen LogP) is 14.0. The van der Waals surface area contributed by atoms with E-state index in [0.29, 0.717) is 0 Å². The molecule has 0 N–H and O–H groups in total. The van der Waals surface area contributed by atoms with Crippen molar-refractivity contribution >= 4 is 50.4 Å². The lowest BCUT2D eigenvalue weighted by atomic mass is 9.59. The maximum Gasteiger partial charge on any atom is 0.0735 e. The van der Waals surface area contributed by atoms with Gasteiger partial charge in [0.05, 0.1) is 16.8 Å². The zero-order chi connectivity index (χ0) is 34.9. The smallest absolute Gasteiger partial charge is 0.0735 e. The molecule has 1 aliphatic carbocycles. The molecule has 0 saturated carbocycles. The van der Waals surface area contributed by atoms with Gasteiger partial charge in [0.2, 0.25) is 0 Å². The number of para-hydroxylation sites is 1. The molecule has 0 unspecified atom stereocenters. The van der Waals surface area contributed by atoms with Crippen molar-refractivity contribution in [3.05, 3.63) is 222 Å². The van der Waals surface area contributed by atoms with E-state index >= 15 is 0 Å². The Labute approximate surface area is 313 Å². The topological polar surface area (TPSA) is 3.24 Å². The zero-order valence-electron chi connectivity index (χ0n) is 28.9. The fraction of sp³-hybridized carbons (Fsp3) is 0.0196. The Morgan fingerprint density at radius 2 is 0.887 bits per heavy atom. The van der Waals surface area contributed by atoms with Crippen LogP contribution in [0, 0.1) is 0 Å². The monoisotopic (exact) mass is 691 g/mol. The Balaban J connectivity index is 1.25. The van der Waals surface area contributed by atoms with Gasteiger partial charge in [0.15, 0.2) is 0 Å². The molecule has 0 saturated heterocycles. The van der Waals surface area contributed by atoms with Crippen LogP contribution in [0.25, 0.3) is 43.8 Å². The van der Waals surface area contributed by atoms with Crippen molar-refractivity contribution in [3.63, 3.8) is 0 Å². The number of benzene rings is 9. The van der Waals surface area contributed by atoms with Crippen molar-refractivity contribution in [1.29, 1.82) is 0 Å². The lowest BCUT2D eigenvalue weighted by molar-refractivity contribution is 0.707. The molecule has 9 aromatic rings. The van der Waals surface area contributed by atoms with Crippen LogP contribution in [-0.2, 0) is 5.41 Å². The standard InChI is InChI=1S/C51H33NS/c1-3-16-34(17-4-1)36-21-13-23-39-37(36)22-15-29-46(39)52(35-18-5-2-6-19-35)47-33-32-40-38-20-7-8-25-42(38)51(45-28-14-24-41(47)50(40)45)43-26-9-11-30-48(43)53-49-31-12-10-27-44(49)51/h1-33H. The predicted molar refractivity (Wildman–Crippen MR) is 223 cm³/mol. The average molecular weight is 692 g/mol. The molecule has 0 bridgehead atoms. The first kappa shape index (κ1) is 30.3. The molecule has 1 heterocycles. The minimum atomic E-state index is -0.470. The van der Waals surface area contributed by atoms with Crippen LogP contribution in [0.3, 0.4) is 0 Å². The molecule has 0 fully saturated rings. The zero-order valence-corrected chi connectivity index (χ0v) is 29.7. The van der Waals surface area contributed by atoms with Gasteiger partial charge in [-0.15, -0.1) is 0 Å². The number of rotatable bonds is 4. The number of hydrogen-bond acceptors (Lipinski definition) is 2. The van der Waals surface area contributed by atoms with Gasteiger partial charge < -0.3 is 4.90 Å². The Morgan fingerprint density at radius 3 is 1.66 bits per heavy atom. The summed E-state index contributed by atoms with van der Waals surface area (Å²) in [5, 5.41) is 5.00. The van der Waals surface area contributed by atoms with Crippen molar-refractivity contribution in [3.8, 4) is 22.3 Å². The summed E-state index contributed by atoms with van der Waals surface area (Å²) in [4.78, 5) is 5.10. The average Bonchev–Trinajstić information content (AvgIpc) is 3.23. The van der Waals surface area contributed by atoms with Crippen LogP contribution in [0.5, 0.6) is 0 Å². The van der Waals surface area contributed by atoms with Crippen molar-refractivity contribution in [2.75, 3.05) is 4.90 Å². The van der Waals surface area contributed by atoms with E-state index in [9.17, 15) is 0 Å². The SMILES string of the molecule is c1ccc(-c2cccc3c(N(c4ccccc4)c4ccc5c6c(cccc46)C4(c6ccccc6Sc6ccccc64)c4ccccc4-5)cccc23)cc1. The second-order valence-electron chi connectivity index (χ2n) is 14.0. The molecule has 2 heteroatoms. The van der Waals surface area contributed by atoms with E-state index in [4.69, 9.17) is 0 Å². The molecule has 1 spiro atoms. The van der Waals surface area contributed by atoms with Crippen LogP contribution in [0.1, 0.15) is 22.3 Å². The van der Waals surface area contributed by atoms with Gasteiger partial charge in [-0.05, 0) is 91.7 Å². The molecule has 53 heavy (non-hydrogen) atoms. The molecule has 0 amide bonds. The first-order valence-corrected chi connectivity index (χ1v) is 19.1. The Bertz CT molecular complexity index is 2830. The summed E-state index contributed by atoms with van der Waals surface area (Å²) in [6.45, 7) is 0. The highest BCUT2D eigenvalue weighted by Crippen LogP contribution is 2.62. The summed E-state index contributed by atoms with van der Waals surface area (Å²) < 4.78 is 0. The van der Waals surface area contributed by atoms with Crippen LogP contribution in [0.2, 0.25) is 0 Å². The van der Waals surface area contributed by atoms with Crippen LogP contribution < -0.4 is 4.90 Å². The van der Waals surface area contributed by atoms with Crippen LogP contribution in [0.4, 0.5) is 17.1 Å². The van der Waals surface area contributed by atoms with Crippen molar-refractivity contribution < 1.29 is 0 Å². The highest BCUT2D eigenvalue weighted by molar-refractivity contribution is 7.99. The van der Waals surface area contributed by atoms with Crippen LogP contribution in [0.15, 0.2) is 210 Å². The molecular weight excluding hydrogens is 659 g/mol. The third-order valence-electron chi connectivity index (χ3n) is 11.3. The molecule has 0 radical (unpaired) electrons. The second kappa shape index (κ2) is 11.8. The first-order valence-electron chi connectivity index (χ1n) is 18.3. The summed E-state index contributed by atoms with van der Waals surface area (Å²) in [6, 6.07) is 74.0. The van der Waals surface area contributed by atoms with Crippen LogP contribution >= 0.6 is 11.8 Å². The van der Waals surface area contributed by atoms with E-state index in [1.807, 2.05) is 11.8 Å². The minimum Gasteiger partial charge on any atom is -0.309 e. The van der Waals surface area contributed by atoms with Gasteiger partial charge in [0.1, 0.15) is 0 Å². The summed E-state index contributed by atoms with van der Waals surface area (Å²) in [6.07, 6.45) is 0. The molecule has 1 aliphatic heterocycles. The van der Waals surface area contributed by atoms with E-state index in [2.05, 4.69) is 205 Å². The van der Waals surface area contributed by atoms with Gasteiger partial charge in [0, 0.05) is 26.3 Å². The van der Waals surface area contributed by atoms with Gasteiger partial charge in [0.25, 0.3) is 0 Å². The van der Waals surface area contributed by atoms with E-state index in [1.165, 1.54) is 75.8 Å². The van der Waals surface area contributed by atoms with E-state index in [0.717, 1.165) is 17.1 Å². The minimum absolute atomic E-state index is 0.470. The summed E-state index contributed by atoms with van der Waals surface area (Å²) in [7, 11) is 0. The number of nitrogens with zero attached hydrogens (tertiary/aromatic N) is 1. The molecular formula is C51H33NS. The summed E-state index contributed by atoms with van der Waals surface area (Å²) in [5.41, 5.74) is 13.4. The Kier molecular flexibility index (Phi) is 6.77. The fourth-order valence-corrected chi connectivity index (χ4v) is 10.4. The number of hydrogen-bond donors (Lipinski definition) is 0. The number of anilines is 3. The van der Waals surface area contributed by atoms with Crippen molar-refractivity contribution in [2.24, 2.45) is 0 Å². The van der Waals surface area contributed by atoms with Gasteiger partial charge in [-0.1, -0.05) is 176 Å². The molecule has 248 valence electrons. The van der Waals surface area contributed by atoms with Crippen LogP contribution in [-0.4, -0.2) is 0 Å². The highest BCUT2D eigenvalue weighted by atomic mass is 32.2.